The zero-order chi connectivity index (χ0) is 13.8. The molecule has 6 heteroatoms. The molecular weight excluding hydrogens is 282 g/mol. The van der Waals surface area contributed by atoms with Crippen LogP contribution in [0.15, 0.2) is 35.5 Å². The lowest BCUT2D eigenvalue weighted by Crippen LogP contribution is -2.34. The summed E-state index contributed by atoms with van der Waals surface area (Å²) >= 11 is 7.22. The summed E-state index contributed by atoms with van der Waals surface area (Å²) in [4.78, 5) is 15.1. The molecule has 1 heterocycles. The molecule has 0 unspecified atom stereocenters. The molecule has 0 bridgehead atoms. The molecule has 4 nitrogen and oxygen atoms in total. The van der Waals surface area contributed by atoms with Gasteiger partial charge in [0.05, 0.1) is 28.7 Å². The molecule has 0 radical (unpaired) electrons. The molecule has 100 valence electrons. The van der Waals surface area contributed by atoms with E-state index in [0.717, 1.165) is 16.3 Å². The van der Waals surface area contributed by atoms with Crippen LogP contribution in [-0.4, -0.2) is 22.7 Å². The van der Waals surface area contributed by atoms with E-state index < -0.39 is 0 Å². The number of amides is 1. The quantitative estimate of drug-likeness (QED) is 0.899. The van der Waals surface area contributed by atoms with Gasteiger partial charge in [0.15, 0.2) is 0 Å². The van der Waals surface area contributed by atoms with E-state index in [1.165, 1.54) is 11.8 Å². The predicted molar refractivity (Wildman–Crippen MR) is 81.1 cm³/mol. The minimum absolute atomic E-state index is 0.0556. The molecule has 1 aliphatic heterocycles. The molecule has 1 amide bonds. The topological polar surface area (TPSA) is 67.5 Å². The third-order valence-corrected chi connectivity index (χ3v) is 4.02. The number of benzene rings is 1. The van der Waals surface area contributed by atoms with Gasteiger partial charge in [0.25, 0.3) is 0 Å². The van der Waals surface area contributed by atoms with Crippen LogP contribution in [0.5, 0.6) is 0 Å². The van der Waals surface area contributed by atoms with E-state index in [1.54, 1.807) is 6.20 Å². The molecule has 19 heavy (non-hydrogen) atoms. The maximum atomic E-state index is 10.8. The number of nitrogens with zero attached hydrogens (tertiary/aromatic N) is 1. The highest BCUT2D eigenvalue weighted by Gasteiger charge is 2.17. The SMILES string of the molecule is C[C@H]1NC(c2ccc(Cl)cc2)=CN=C1SCC(N)=O. The van der Waals surface area contributed by atoms with Gasteiger partial charge in [-0.3, -0.25) is 9.79 Å². The Balaban J connectivity index is 2.13. The standard InChI is InChI=1S/C13H14ClN3OS/c1-8-13(19-7-12(15)18)16-6-11(17-8)9-2-4-10(14)5-3-9/h2-6,8,17H,7H2,1H3,(H2,15,18)/t8-/m1/s1. The average molecular weight is 296 g/mol. The molecule has 0 aromatic heterocycles. The number of primary amides is 1. The Hall–Kier alpha value is -1.46. The van der Waals surface area contributed by atoms with E-state index in [-0.39, 0.29) is 17.7 Å². The second-order valence-electron chi connectivity index (χ2n) is 4.14. The van der Waals surface area contributed by atoms with Gasteiger partial charge in [0.2, 0.25) is 5.91 Å². The van der Waals surface area contributed by atoms with Crippen LogP contribution in [-0.2, 0) is 4.79 Å². The minimum Gasteiger partial charge on any atom is -0.375 e. The van der Waals surface area contributed by atoms with E-state index >= 15 is 0 Å². The number of thioether (sulfide) groups is 1. The molecule has 1 aromatic carbocycles. The lowest BCUT2D eigenvalue weighted by Gasteiger charge is -2.22. The van der Waals surface area contributed by atoms with Crippen LogP contribution in [0.3, 0.4) is 0 Å². The van der Waals surface area contributed by atoms with Crippen molar-refractivity contribution in [3.05, 3.63) is 41.1 Å². The van der Waals surface area contributed by atoms with Gasteiger partial charge in [0, 0.05) is 5.02 Å². The molecule has 3 N–H and O–H groups in total. The number of carbonyl (C=O) groups excluding carboxylic acids is 1. The van der Waals surface area contributed by atoms with Crippen LogP contribution in [0.4, 0.5) is 0 Å². The van der Waals surface area contributed by atoms with Gasteiger partial charge in [-0.25, -0.2) is 0 Å². The van der Waals surface area contributed by atoms with Crippen molar-refractivity contribution in [2.24, 2.45) is 10.7 Å². The molecule has 0 saturated carbocycles. The Bertz CT molecular complexity index is 539. The van der Waals surface area contributed by atoms with Crippen molar-refractivity contribution in [3.63, 3.8) is 0 Å². The van der Waals surface area contributed by atoms with Crippen molar-refractivity contribution < 1.29 is 4.79 Å². The average Bonchev–Trinajstić information content (AvgIpc) is 2.38. The number of halogens is 1. The Labute approximate surface area is 121 Å². The number of nitrogens with one attached hydrogen (secondary N) is 1. The van der Waals surface area contributed by atoms with Gasteiger partial charge in [-0.15, -0.1) is 0 Å². The summed E-state index contributed by atoms with van der Waals surface area (Å²) in [6, 6.07) is 7.60. The van der Waals surface area contributed by atoms with E-state index in [0.29, 0.717) is 5.02 Å². The monoisotopic (exact) mass is 295 g/mol. The van der Waals surface area contributed by atoms with Gasteiger partial charge in [-0.1, -0.05) is 35.5 Å². The van der Waals surface area contributed by atoms with Crippen LogP contribution < -0.4 is 11.1 Å². The second-order valence-corrected chi connectivity index (χ2v) is 5.57. The molecule has 1 aliphatic rings. The zero-order valence-corrected chi connectivity index (χ0v) is 12.0. The molecule has 0 aliphatic carbocycles. The first-order chi connectivity index (χ1) is 9.06. The number of nitrogens with two attached hydrogens (primary N) is 1. The van der Waals surface area contributed by atoms with E-state index in [2.05, 4.69) is 10.3 Å². The highest BCUT2D eigenvalue weighted by molar-refractivity contribution is 8.14. The van der Waals surface area contributed by atoms with Gasteiger partial charge >= 0.3 is 0 Å². The van der Waals surface area contributed by atoms with Crippen molar-refractivity contribution in [2.75, 3.05) is 5.75 Å². The molecule has 0 fully saturated rings. The largest absolute Gasteiger partial charge is 0.375 e. The highest BCUT2D eigenvalue weighted by atomic mass is 35.5. The summed E-state index contributed by atoms with van der Waals surface area (Å²) in [6.07, 6.45) is 1.76. The number of hydrogen-bond acceptors (Lipinski definition) is 4. The van der Waals surface area contributed by atoms with Crippen LogP contribution in [0, 0.1) is 0 Å². The maximum Gasteiger partial charge on any atom is 0.227 e. The van der Waals surface area contributed by atoms with Gasteiger partial charge in [-0.2, -0.15) is 0 Å². The van der Waals surface area contributed by atoms with Crippen LogP contribution in [0.1, 0.15) is 12.5 Å². The first-order valence-corrected chi connectivity index (χ1v) is 7.14. The molecule has 1 atom stereocenters. The minimum atomic E-state index is -0.340. The molecule has 0 spiro atoms. The Morgan fingerprint density at radius 2 is 2.16 bits per heavy atom. The molecule has 0 saturated heterocycles. The van der Waals surface area contributed by atoms with Crippen molar-refractivity contribution in [3.8, 4) is 0 Å². The Morgan fingerprint density at radius 1 is 1.47 bits per heavy atom. The predicted octanol–water partition coefficient (Wildman–Crippen LogP) is 2.25. The first kappa shape index (κ1) is 14.0. The van der Waals surface area contributed by atoms with Crippen molar-refractivity contribution in [2.45, 2.75) is 13.0 Å². The molecular formula is C13H14ClN3OS. The fourth-order valence-electron chi connectivity index (χ4n) is 1.67. The van der Waals surface area contributed by atoms with E-state index in [4.69, 9.17) is 17.3 Å². The van der Waals surface area contributed by atoms with E-state index in [1.807, 2.05) is 31.2 Å². The fraction of sp³-hybridized carbons (Fsp3) is 0.231. The summed E-state index contributed by atoms with van der Waals surface area (Å²) in [7, 11) is 0. The van der Waals surface area contributed by atoms with Gasteiger partial charge in [-0.05, 0) is 24.6 Å². The summed E-state index contributed by atoms with van der Waals surface area (Å²) < 4.78 is 0. The smallest absolute Gasteiger partial charge is 0.227 e. The van der Waals surface area contributed by atoms with Crippen LogP contribution in [0.2, 0.25) is 5.02 Å². The van der Waals surface area contributed by atoms with Gasteiger partial charge in [0.1, 0.15) is 0 Å². The zero-order valence-electron chi connectivity index (χ0n) is 10.4. The third-order valence-electron chi connectivity index (χ3n) is 2.58. The fourth-order valence-corrected chi connectivity index (χ4v) is 2.52. The lowest BCUT2D eigenvalue weighted by atomic mass is 10.1. The Morgan fingerprint density at radius 3 is 2.74 bits per heavy atom. The summed E-state index contributed by atoms with van der Waals surface area (Å²) in [5, 5.41) is 4.90. The highest BCUT2D eigenvalue weighted by Crippen LogP contribution is 2.21. The summed E-state index contributed by atoms with van der Waals surface area (Å²) in [6.45, 7) is 2.00. The van der Waals surface area contributed by atoms with E-state index in [9.17, 15) is 4.79 Å². The van der Waals surface area contributed by atoms with Crippen molar-refractivity contribution in [1.82, 2.24) is 5.32 Å². The molecule has 2 rings (SSSR count). The number of aliphatic imine (C=N–C) groups is 1. The lowest BCUT2D eigenvalue weighted by molar-refractivity contribution is -0.115. The van der Waals surface area contributed by atoms with Gasteiger partial charge < -0.3 is 11.1 Å². The number of rotatable bonds is 3. The maximum absolute atomic E-state index is 10.8. The number of hydrogen-bond donors (Lipinski definition) is 2. The van der Waals surface area contributed by atoms with Crippen LogP contribution >= 0.6 is 23.4 Å². The Kier molecular flexibility index (Phi) is 4.50. The summed E-state index contributed by atoms with van der Waals surface area (Å²) in [5.41, 5.74) is 7.09. The number of carbonyl (C=O) groups is 1. The van der Waals surface area contributed by atoms with Crippen LogP contribution in [0.25, 0.3) is 5.70 Å². The first-order valence-electron chi connectivity index (χ1n) is 5.77. The van der Waals surface area contributed by atoms with Crippen molar-refractivity contribution in [1.29, 1.82) is 0 Å². The molecule has 1 aromatic rings. The second kappa shape index (κ2) is 6.12. The normalized spacial score (nSPS) is 18.3. The van der Waals surface area contributed by atoms with Crippen molar-refractivity contribution >= 4 is 40.0 Å². The summed E-state index contributed by atoms with van der Waals surface area (Å²) in [5.74, 6) is -0.0954. The third kappa shape index (κ3) is 3.75.